The molecular weight excluding hydrogens is 333 g/mol. The molecule has 0 saturated carbocycles. The highest BCUT2D eigenvalue weighted by Gasteiger charge is 2.40. The van der Waals surface area contributed by atoms with Crippen LogP contribution in [0.3, 0.4) is 0 Å². The van der Waals surface area contributed by atoms with E-state index in [1.54, 1.807) is 12.2 Å². The van der Waals surface area contributed by atoms with Crippen molar-refractivity contribution < 1.29 is 26.4 Å². The first-order valence-corrected chi connectivity index (χ1v) is 8.55. The molecule has 0 atom stereocenters. The van der Waals surface area contributed by atoms with Crippen molar-refractivity contribution in [1.29, 1.82) is 0 Å². The number of nitrogens with one attached hydrogen (secondary N) is 1. The largest absolute Gasteiger partial charge is 0.471 e. The number of anilines is 1. The highest BCUT2D eigenvalue weighted by atomic mass is 32.2. The molecule has 9 heteroatoms. The van der Waals surface area contributed by atoms with Gasteiger partial charge in [0.05, 0.1) is 5.69 Å². The smallest absolute Gasteiger partial charge is 0.317 e. The number of hydrogen-bond acceptors (Lipinski definition) is 3. The number of carbonyl (C=O) groups excluding carboxylic acids is 1. The fourth-order valence-corrected chi connectivity index (χ4v) is 4.13. The molecule has 0 aliphatic carbocycles. The SMILES string of the molecule is Cc1ccc(NC(=O)C(F)(F)F)c(S(=O)(=O)N2CCCCC2)c1. The number of amides is 1. The average molecular weight is 350 g/mol. The number of alkyl halides is 3. The maximum absolute atomic E-state index is 12.7. The summed E-state index contributed by atoms with van der Waals surface area (Å²) in [6, 6.07) is 3.90. The Balaban J connectivity index is 2.40. The lowest BCUT2D eigenvalue weighted by atomic mass is 10.2. The number of rotatable bonds is 3. The van der Waals surface area contributed by atoms with Crippen molar-refractivity contribution in [2.75, 3.05) is 18.4 Å². The molecule has 1 amide bonds. The molecule has 1 fully saturated rings. The minimum absolute atomic E-state index is 0.308. The lowest BCUT2D eigenvalue weighted by molar-refractivity contribution is -0.167. The first-order valence-electron chi connectivity index (χ1n) is 7.11. The van der Waals surface area contributed by atoms with Gasteiger partial charge >= 0.3 is 12.1 Å². The molecular formula is C14H17F3N2O3S. The van der Waals surface area contributed by atoms with Gasteiger partial charge in [-0.05, 0) is 37.5 Å². The second kappa shape index (κ2) is 6.48. The van der Waals surface area contributed by atoms with Gasteiger partial charge in [-0.2, -0.15) is 17.5 Å². The molecule has 1 heterocycles. The summed E-state index contributed by atoms with van der Waals surface area (Å²) >= 11 is 0. The van der Waals surface area contributed by atoms with Crippen molar-refractivity contribution in [3.8, 4) is 0 Å². The molecule has 2 rings (SSSR count). The van der Waals surface area contributed by atoms with Gasteiger partial charge in [-0.25, -0.2) is 8.42 Å². The number of benzene rings is 1. The second-order valence-electron chi connectivity index (χ2n) is 5.42. The third-order valence-electron chi connectivity index (χ3n) is 3.58. The standard InChI is InChI=1S/C14H17F3N2O3S/c1-10-5-6-11(18-13(20)14(15,16)17)12(9-10)23(21,22)19-7-3-2-4-8-19/h5-6,9H,2-4,7-8H2,1H3,(H,18,20). The zero-order valence-corrected chi connectivity index (χ0v) is 13.3. The van der Waals surface area contributed by atoms with Crippen molar-refractivity contribution in [3.63, 3.8) is 0 Å². The van der Waals surface area contributed by atoms with Gasteiger partial charge in [0.15, 0.2) is 0 Å². The Kier molecular flexibility index (Phi) is 5.00. The van der Waals surface area contributed by atoms with Crippen molar-refractivity contribution >= 4 is 21.6 Å². The maximum Gasteiger partial charge on any atom is 0.471 e. The van der Waals surface area contributed by atoms with E-state index in [4.69, 9.17) is 0 Å². The zero-order chi connectivity index (χ0) is 17.3. The van der Waals surface area contributed by atoms with Crippen LogP contribution in [0.1, 0.15) is 24.8 Å². The van der Waals surface area contributed by atoms with Gasteiger partial charge < -0.3 is 5.32 Å². The number of hydrogen-bond donors (Lipinski definition) is 1. The van der Waals surface area contributed by atoms with Crippen molar-refractivity contribution in [3.05, 3.63) is 23.8 Å². The van der Waals surface area contributed by atoms with Crippen molar-refractivity contribution in [2.24, 2.45) is 0 Å². The summed E-state index contributed by atoms with van der Waals surface area (Å²) in [6.07, 6.45) is -2.76. The number of sulfonamides is 1. The molecule has 1 N–H and O–H groups in total. The fraction of sp³-hybridized carbons (Fsp3) is 0.500. The molecule has 23 heavy (non-hydrogen) atoms. The predicted octanol–water partition coefficient (Wildman–Crippen LogP) is 2.67. The average Bonchev–Trinajstić information content (AvgIpc) is 2.49. The fourth-order valence-electron chi connectivity index (χ4n) is 2.38. The lowest BCUT2D eigenvalue weighted by Gasteiger charge is -2.27. The van der Waals surface area contributed by atoms with Crippen LogP contribution in [0.2, 0.25) is 0 Å². The van der Waals surface area contributed by atoms with E-state index in [2.05, 4.69) is 0 Å². The Morgan fingerprint density at radius 3 is 2.35 bits per heavy atom. The molecule has 1 aromatic carbocycles. The molecule has 1 saturated heterocycles. The number of carbonyl (C=O) groups is 1. The van der Waals surface area contributed by atoms with Gasteiger partial charge in [0, 0.05) is 13.1 Å². The Labute approximate surface area is 132 Å². The molecule has 0 aromatic heterocycles. The Bertz CT molecular complexity index is 696. The summed E-state index contributed by atoms with van der Waals surface area (Å²) in [5, 5.41) is 1.65. The molecule has 5 nitrogen and oxygen atoms in total. The molecule has 0 unspecified atom stereocenters. The van der Waals surface area contributed by atoms with Gasteiger partial charge in [-0.1, -0.05) is 12.5 Å². The second-order valence-corrected chi connectivity index (χ2v) is 7.32. The van der Waals surface area contributed by atoms with E-state index in [9.17, 15) is 26.4 Å². The minimum Gasteiger partial charge on any atom is -0.317 e. The third kappa shape index (κ3) is 4.03. The molecule has 1 aliphatic rings. The summed E-state index contributed by atoms with van der Waals surface area (Å²) in [6.45, 7) is 2.27. The van der Waals surface area contributed by atoms with Crippen molar-refractivity contribution in [1.82, 2.24) is 4.31 Å². The molecule has 0 radical (unpaired) electrons. The predicted molar refractivity (Wildman–Crippen MR) is 78.5 cm³/mol. The summed E-state index contributed by atoms with van der Waals surface area (Å²) < 4.78 is 63.9. The highest BCUT2D eigenvalue weighted by Crippen LogP contribution is 2.29. The van der Waals surface area contributed by atoms with E-state index >= 15 is 0 Å². The first-order chi connectivity index (χ1) is 10.6. The quantitative estimate of drug-likeness (QED) is 0.911. The van der Waals surface area contributed by atoms with Crippen LogP contribution >= 0.6 is 0 Å². The molecule has 128 valence electrons. The summed E-state index contributed by atoms with van der Waals surface area (Å²) in [4.78, 5) is 10.8. The van der Waals surface area contributed by atoms with Crippen LogP contribution in [0.25, 0.3) is 0 Å². The first kappa shape index (κ1) is 17.7. The number of nitrogens with zero attached hydrogens (tertiary/aromatic N) is 1. The van der Waals surface area contributed by atoms with Crippen LogP contribution in [-0.2, 0) is 14.8 Å². The molecule has 1 aliphatic heterocycles. The minimum atomic E-state index is -5.09. The number of piperidine rings is 1. The van der Waals surface area contributed by atoms with Crippen LogP contribution in [0.15, 0.2) is 23.1 Å². The van der Waals surface area contributed by atoms with E-state index in [0.717, 1.165) is 6.42 Å². The van der Waals surface area contributed by atoms with Crippen LogP contribution in [0.4, 0.5) is 18.9 Å². The Morgan fingerprint density at radius 2 is 1.78 bits per heavy atom. The van der Waals surface area contributed by atoms with Gasteiger partial charge in [-0.15, -0.1) is 0 Å². The maximum atomic E-state index is 12.7. The van der Waals surface area contributed by atoms with Crippen LogP contribution in [0.5, 0.6) is 0 Å². The van der Waals surface area contributed by atoms with Crippen LogP contribution in [0, 0.1) is 6.92 Å². The normalized spacial score (nSPS) is 17.0. The molecule has 1 aromatic rings. The molecule has 0 spiro atoms. The van der Waals surface area contributed by atoms with Gasteiger partial charge in [-0.3, -0.25) is 4.79 Å². The Morgan fingerprint density at radius 1 is 1.17 bits per heavy atom. The van der Waals surface area contributed by atoms with E-state index in [0.29, 0.717) is 31.5 Å². The van der Waals surface area contributed by atoms with Gasteiger partial charge in [0.1, 0.15) is 4.90 Å². The summed E-state index contributed by atoms with van der Waals surface area (Å²) in [5.41, 5.74) is 0.217. The van der Waals surface area contributed by atoms with E-state index < -0.39 is 22.1 Å². The van der Waals surface area contributed by atoms with Gasteiger partial charge in [0.2, 0.25) is 10.0 Å². The monoisotopic (exact) mass is 350 g/mol. The topological polar surface area (TPSA) is 66.5 Å². The van der Waals surface area contributed by atoms with E-state index in [1.165, 1.54) is 22.5 Å². The van der Waals surface area contributed by atoms with Crippen LogP contribution < -0.4 is 5.32 Å². The van der Waals surface area contributed by atoms with E-state index in [-0.39, 0.29) is 10.6 Å². The Hall–Kier alpha value is -1.61. The zero-order valence-electron chi connectivity index (χ0n) is 12.5. The van der Waals surface area contributed by atoms with Crippen molar-refractivity contribution in [2.45, 2.75) is 37.3 Å². The summed E-state index contributed by atoms with van der Waals surface area (Å²) in [7, 11) is -3.96. The summed E-state index contributed by atoms with van der Waals surface area (Å²) in [5.74, 6) is -2.20. The molecule has 0 bridgehead atoms. The van der Waals surface area contributed by atoms with E-state index in [1.807, 2.05) is 0 Å². The lowest BCUT2D eigenvalue weighted by Crippen LogP contribution is -2.36. The highest BCUT2D eigenvalue weighted by molar-refractivity contribution is 7.89. The van der Waals surface area contributed by atoms with Gasteiger partial charge in [0.25, 0.3) is 0 Å². The van der Waals surface area contributed by atoms with Crippen LogP contribution in [-0.4, -0.2) is 37.9 Å². The number of aryl methyl sites for hydroxylation is 1. The third-order valence-corrected chi connectivity index (χ3v) is 5.51. The number of halogens is 3.